The Kier molecular flexibility index (Phi) is 5.02. The Hall–Kier alpha value is -0.430. The lowest BCUT2D eigenvalue weighted by Gasteiger charge is -2.59. The molecule has 4 aliphatic carbocycles. The standard InChI is InChI=1S/C21H31BrO5/c1-11(24)27-19-16(22)9-15-18-14(4-5-20(15,19)2)21(10-23)6-3-13(25)7-12(21)8-17(18)26/h8,13-19,23,25-26H,3-7,9-10H2,1-2H3/t13-,14?,15?,16+,17?,18?,19-,20-,21+/m0/s1. The highest BCUT2D eigenvalue weighted by Crippen LogP contribution is 2.66. The molecule has 0 radical (unpaired) electrons. The van der Waals surface area contributed by atoms with Crippen molar-refractivity contribution in [3.63, 3.8) is 0 Å². The molecule has 4 unspecified atom stereocenters. The summed E-state index contributed by atoms with van der Waals surface area (Å²) in [7, 11) is 0. The number of fused-ring (bicyclic) bond motifs is 5. The summed E-state index contributed by atoms with van der Waals surface area (Å²) in [5, 5.41) is 31.7. The summed E-state index contributed by atoms with van der Waals surface area (Å²) < 4.78 is 5.72. The Morgan fingerprint density at radius 2 is 2.04 bits per heavy atom. The van der Waals surface area contributed by atoms with Crippen LogP contribution < -0.4 is 0 Å². The van der Waals surface area contributed by atoms with Crippen molar-refractivity contribution < 1.29 is 24.9 Å². The summed E-state index contributed by atoms with van der Waals surface area (Å²) in [6, 6.07) is 0. The first-order valence-corrected chi connectivity index (χ1v) is 11.1. The zero-order valence-electron chi connectivity index (χ0n) is 16.1. The second kappa shape index (κ2) is 6.82. The van der Waals surface area contributed by atoms with Gasteiger partial charge in [-0.2, -0.15) is 0 Å². The van der Waals surface area contributed by atoms with Crippen LogP contribution >= 0.6 is 15.9 Å². The van der Waals surface area contributed by atoms with E-state index in [4.69, 9.17) is 4.74 Å². The third-order valence-corrected chi connectivity index (χ3v) is 9.15. The minimum atomic E-state index is -0.574. The number of alkyl halides is 1. The van der Waals surface area contributed by atoms with Gasteiger partial charge in [0, 0.05) is 17.8 Å². The number of rotatable bonds is 2. The zero-order chi connectivity index (χ0) is 19.6. The summed E-state index contributed by atoms with van der Waals surface area (Å²) in [4.78, 5) is 11.8. The molecule has 9 atom stereocenters. The molecule has 27 heavy (non-hydrogen) atoms. The van der Waals surface area contributed by atoms with Crippen LogP contribution in [0.25, 0.3) is 0 Å². The van der Waals surface area contributed by atoms with E-state index in [9.17, 15) is 20.1 Å². The summed E-state index contributed by atoms with van der Waals surface area (Å²) in [5.41, 5.74) is 0.565. The lowest BCUT2D eigenvalue weighted by atomic mass is 9.47. The smallest absolute Gasteiger partial charge is 0.302 e. The second-order valence-electron chi connectivity index (χ2n) is 9.51. The first kappa shape index (κ1) is 19.9. The van der Waals surface area contributed by atoms with Gasteiger partial charge in [-0.3, -0.25) is 4.79 Å². The number of hydrogen-bond donors (Lipinski definition) is 3. The fourth-order valence-corrected chi connectivity index (χ4v) is 8.16. The maximum atomic E-state index is 11.7. The molecular weight excluding hydrogens is 412 g/mol. The highest BCUT2D eigenvalue weighted by atomic mass is 79.9. The van der Waals surface area contributed by atoms with Crippen LogP contribution in [0.1, 0.15) is 52.4 Å². The van der Waals surface area contributed by atoms with Crippen LogP contribution in [0.5, 0.6) is 0 Å². The highest BCUT2D eigenvalue weighted by Gasteiger charge is 2.64. The van der Waals surface area contributed by atoms with Crippen molar-refractivity contribution in [3.8, 4) is 0 Å². The SMILES string of the molecule is CC(=O)O[C@H]1[C@H](Br)CC2C3C(O)C=C4C[C@@H](O)CC[C@]4(CO)C3CC[C@@]21C. The van der Waals surface area contributed by atoms with Gasteiger partial charge in [0.2, 0.25) is 0 Å². The van der Waals surface area contributed by atoms with Gasteiger partial charge in [-0.15, -0.1) is 0 Å². The number of halogens is 1. The van der Waals surface area contributed by atoms with E-state index in [2.05, 4.69) is 22.9 Å². The highest BCUT2D eigenvalue weighted by molar-refractivity contribution is 9.09. The van der Waals surface area contributed by atoms with Crippen molar-refractivity contribution in [3.05, 3.63) is 11.6 Å². The Balaban J connectivity index is 1.72. The Labute approximate surface area is 169 Å². The molecule has 0 saturated heterocycles. The van der Waals surface area contributed by atoms with Crippen LogP contribution in [-0.2, 0) is 9.53 Å². The molecule has 0 heterocycles. The van der Waals surface area contributed by atoms with Crippen LogP contribution in [0.15, 0.2) is 11.6 Å². The van der Waals surface area contributed by atoms with Gasteiger partial charge in [-0.1, -0.05) is 34.5 Å². The molecule has 3 saturated carbocycles. The van der Waals surface area contributed by atoms with E-state index >= 15 is 0 Å². The molecule has 152 valence electrons. The molecule has 0 bridgehead atoms. The minimum Gasteiger partial charge on any atom is -0.461 e. The summed E-state index contributed by atoms with van der Waals surface area (Å²) >= 11 is 3.75. The molecule has 6 heteroatoms. The first-order valence-electron chi connectivity index (χ1n) is 10.2. The molecule has 0 aromatic carbocycles. The van der Waals surface area contributed by atoms with Gasteiger partial charge in [0.25, 0.3) is 0 Å². The van der Waals surface area contributed by atoms with Gasteiger partial charge in [-0.05, 0) is 56.3 Å². The number of esters is 1. The third-order valence-electron chi connectivity index (χ3n) is 8.30. The summed E-state index contributed by atoms with van der Waals surface area (Å²) in [6.07, 6.45) is 5.51. The number of hydrogen-bond acceptors (Lipinski definition) is 5. The van der Waals surface area contributed by atoms with E-state index in [1.54, 1.807) is 0 Å². The number of aliphatic hydroxyl groups is 3. The van der Waals surface area contributed by atoms with Crippen molar-refractivity contribution in [2.45, 2.75) is 75.5 Å². The van der Waals surface area contributed by atoms with E-state index < -0.39 is 6.10 Å². The summed E-state index contributed by atoms with van der Waals surface area (Å²) in [6.45, 7) is 3.74. The minimum absolute atomic E-state index is 0.0514. The van der Waals surface area contributed by atoms with E-state index in [0.29, 0.717) is 12.8 Å². The van der Waals surface area contributed by atoms with Crippen LogP contribution in [0, 0.1) is 28.6 Å². The van der Waals surface area contributed by atoms with Gasteiger partial charge in [0.05, 0.1) is 23.6 Å². The van der Waals surface area contributed by atoms with Gasteiger partial charge < -0.3 is 20.1 Å². The number of aliphatic hydroxyl groups excluding tert-OH is 3. The average molecular weight is 443 g/mol. The van der Waals surface area contributed by atoms with E-state index in [0.717, 1.165) is 31.3 Å². The predicted octanol–water partition coefficient (Wildman–Crippen LogP) is 2.56. The second-order valence-corrected chi connectivity index (χ2v) is 10.7. The Morgan fingerprint density at radius 3 is 2.70 bits per heavy atom. The topological polar surface area (TPSA) is 87.0 Å². The van der Waals surface area contributed by atoms with Crippen molar-refractivity contribution in [1.82, 2.24) is 0 Å². The van der Waals surface area contributed by atoms with E-state index in [1.165, 1.54) is 6.92 Å². The van der Waals surface area contributed by atoms with Crippen molar-refractivity contribution in [2.75, 3.05) is 6.61 Å². The van der Waals surface area contributed by atoms with Crippen LogP contribution in [-0.4, -0.2) is 51.0 Å². The van der Waals surface area contributed by atoms with Crippen molar-refractivity contribution in [2.24, 2.45) is 28.6 Å². The van der Waals surface area contributed by atoms with Crippen molar-refractivity contribution in [1.29, 1.82) is 0 Å². The largest absolute Gasteiger partial charge is 0.461 e. The maximum absolute atomic E-state index is 11.7. The van der Waals surface area contributed by atoms with E-state index in [1.807, 2.05) is 6.08 Å². The molecule has 5 nitrogen and oxygen atoms in total. The third kappa shape index (κ3) is 2.85. The Bertz CT molecular complexity index is 650. The molecule has 4 aliphatic rings. The molecule has 0 aromatic rings. The van der Waals surface area contributed by atoms with Crippen LogP contribution in [0.3, 0.4) is 0 Å². The molecule has 4 rings (SSSR count). The quantitative estimate of drug-likeness (QED) is 0.347. The lowest BCUT2D eigenvalue weighted by molar-refractivity contribution is -0.160. The molecule has 0 aliphatic heterocycles. The van der Waals surface area contributed by atoms with Gasteiger partial charge in [0.1, 0.15) is 6.10 Å². The Morgan fingerprint density at radius 1 is 1.30 bits per heavy atom. The van der Waals surface area contributed by atoms with E-state index in [-0.39, 0.29) is 58.2 Å². The number of carbonyl (C=O) groups is 1. The van der Waals surface area contributed by atoms with Crippen LogP contribution in [0.2, 0.25) is 0 Å². The normalized spacial score (nSPS) is 51.6. The van der Waals surface area contributed by atoms with Gasteiger partial charge in [0.15, 0.2) is 0 Å². The van der Waals surface area contributed by atoms with Crippen molar-refractivity contribution >= 4 is 21.9 Å². The lowest BCUT2D eigenvalue weighted by Crippen LogP contribution is -2.57. The molecule has 0 aromatic heterocycles. The molecule has 3 fully saturated rings. The van der Waals surface area contributed by atoms with Gasteiger partial charge in [-0.25, -0.2) is 0 Å². The van der Waals surface area contributed by atoms with Crippen LogP contribution in [0.4, 0.5) is 0 Å². The monoisotopic (exact) mass is 442 g/mol. The molecule has 3 N–H and O–H groups in total. The number of carbonyl (C=O) groups excluding carboxylic acids is 1. The molecule has 0 spiro atoms. The van der Waals surface area contributed by atoms with Gasteiger partial charge >= 0.3 is 5.97 Å². The summed E-state index contributed by atoms with van der Waals surface area (Å²) in [5.74, 6) is 0.232. The first-order chi connectivity index (χ1) is 12.7. The predicted molar refractivity (Wildman–Crippen MR) is 104 cm³/mol. The maximum Gasteiger partial charge on any atom is 0.302 e. The number of ether oxygens (including phenoxy) is 1. The molecular formula is C21H31BrO5. The fourth-order valence-electron chi connectivity index (χ4n) is 7.05. The zero-order valence-corrected chi connectivity index (χ0v) is 17.7. The average Bonchev–Trinajstić information content (AvgIpc) is 2.85. The molecule has 0 amide bonds. The fraction of sp³-hybridized carbons (Fsp3) is 0.857.